The lowest BCUT2D eigenvalue weighted by molar-refractivity contribution is -0.127. The maximum atomic E-state index is 11.8. The Hall–Kier alpha value is -1.27. The van der Waals surface area contributed by atoms with Crippen molar-refractivity contribution in [2.75, 3.05) is 6.54 Å². The second-order valence-electron chi connectivity index (χ2n) is 4.77. The van der Waals surface area contributed by atoms with Gasteiger partial charge in [0.05, 0.1) is 4.90 Å². The second-order valence-corrected chi connectivity index (χ2v) is 7.30. The summed E-state index contributed by atoms with van der Waals surface area (Å²) in [5.41, 5.74) is 0.473. The number of halogens is 1. The Kier molecular flexibility index (Phi) is 6.48. The molecule has 1 N–H and O–H groups in total. The van der Waals surface area contributed by atoms with Crippen molar-refractivity contribution in [1.29, 1.82) is 0 Å². The summed E-state index contributed by atoms with van der Waals surface area (Å²) in [6.45, 7) is 5.92. The van der Waals surface area contributed by atoms with Crippen LogP contribution in [0.3, 0.4) is 0 Å². The smallest absolute Gasteiger partial charge is 0.261 e. The van der Waals surface area contributed by atoms with Gasteiger partial charge >= 0.3 is 0 Å². The van der Waals surface area contributed by atoms with Gasteiger partial charge in [0, 0.05) is 17.2 Å². The van der Waals surface area contributed by atoms with Gasteiger partial charge in [0.1, 0.15) is 5.75 Å². The molecule has 0 saturated heterocycles. The fourth-order valence-corrected chi connectivity index (χ4v) is 2.95. The van der Waals surface area contributed by atoms with Gasteiger partial charge in [0.2, 0.25) is 0 Å². The molecule has 0 aliphatic heterocycles. The average Bonchev–Trinajstić information content (AvgIpc) is 2.37. The third-order valence-corrected chi connectivity index (χ3v) is 4.40. The molecule has 1 atom stereocenters. The van der Waals surface area contributed by atoms with Gasteiger partial charge in [0.25, 0.3) is 15.0 Å². The highest BCUT2D eigenvalue weighted by Gasteiger charge is 2.17. The number of hydrogen-bond donors (Lipinski definition) is 1. The molecule has 0 aliphatic carbocycles. The molecule has 0 spiro atoms. The van der Waals surface area contributed by atoms with E-state index in [4.69, 9.17) is 15.4 Å². The number of ether oxygens (including phenoxy) is 1. The van der Waals surface area contributed by atoms with Gasteiger partial charge in [-0.15, -0.1) is 0 Å². The van der Waals surface area contributed by atoms with E-state index in [0.717, 1.165) is 12.8 Å². The zero-order valence-corrected chi connectivity index (χ0v) is 13.9. The first kappa shape index (κ1) is 17.8. The van der Waals surface area contributed by atoms with E-state index in [-0.39, 0.29) is 10.8 Å². The summed E-state index contributed by atoms with van der Waals surface area (Å²) in [4.78, 5) is 11.8. The summed E-state index contributed by atoms with van der Waals surface area (Å²) in [5.74, 6) is 0.227. The molecule has 5 nitrogen and oxygen atoms in total. The Labute approximate surface area is 130 Å². The lowest BCUT2D eigenvalue weighted by Gasteiger charge is -2.15. The number of hydrogen-bond acceptors (Lipinski definition) is 4. The van der Waals surface area contributed by atoms with E-state index in [1.165, 1.54) is 12.1 Å². The average molecular weight is 334 g/mol. The van der Waals surface area contributed by atoms with Crippen molar-refractivity contribution in [1.82, 2.24) is 5.32 Å². The lowest BCUT2D eigenvalue weighted by Crippen LogP contribution is -2.36. The molecular weight excluding hydrogens is 314 g/mol. The standard InChI is InChI=1S/C14H20ClNO4S/c1-4-5-8-16-14(17)11(3)20-12-6-7-13(10(2)9-12)21(15,18)19/h6-7,9,11H,4-5,8H2,1-3H3,(H,16,17). The summed E-state index contributed by atoms with van der Waals surface area (Å²) in [7, 11) is 1.54. The molecule has 0 saturated carbocycles. The molecule has 0 bridgehead atoms. The minimum atomic E-state index is -3.77. The molecule has 0 aliphatic rings. The summed E-state index contributed by atoms with van der Waals surface area (Å²) >= 11 is 0. The van der Waals surface area contributed by atoms with Gasteiger partial charge < -0.3 is 10.1 Å². The number of rotatable bonds is 7. The SMILES string of the molecule is CCCCNC(=O)C(C)Oc1ccc(S(=O)(=O)Cl)c(C)c1. The van der Waals surface area contributed by atoms with Gasteiger partial charge in [0.15, 0.2) is 6.10 Å². The van der Waals surface area contributed by atoms with E-state index in [9.17, 15) is 13.2 Å². The molecule has 7 heteroatoms. The van der Waals surface area contributed by atoms with E-state index in [1.54, 1.807) is 19.9 Å². The van der Waals surface area contributed by atoms with Crippen molar-refractivity contribution < 1.29 is 17.9 Å². The molecule has 1 aromatic rings. The van der Waals surface area contributed by atoms with Crippen LogP contribution in [0.25, 0.3) is 0 Å². The number of carbonyl (C=O) groups excluding carboxylic acids is 1. The molecule has 0 heterocycles. The highest BCUT2D eigenvalue weighted by atomic mass is 35.7. The highest BCUT2D eigenvalue weighted by Crippen LogP contribution is 2.24. The molecule has 1 amide bonds. The van der Waals surface area contributed by atoms with Crippen LogP contribution in [-0.4, -0.2) is 27.0 Å². The maximum absolute atomic E-state index is 11.8. The number of nitrogens with one attached hydrogen (secondary N) is 1. The van der Waals surface area contributed by atoms with Gasteiger partial charge in [-0.1, -0.05) is 13.3 Å². The number of benzene rings is 1. The largest absolute Gasteiger partial charge is 0.481 e. The molecule has 0 aromatic heterocycles. The molecule has 1 rings (SSSR count). The number of amides is 1. The summed E-state index contributed by atoms with van der Waals surface area (Å²) in [5, 5.41) is 2.77. The van der Waals surface area contributed by atoms with Crippen LogP contribution in [0.4, 0.5) is 0 Å². The Morgan fingerprint density at radius 3 is 2.62 bits per heavy atom. The van der Waals surface area contributed by atoms with Crippen LogP contribution in [0, 0.1) is 6.92 Å². The molecule has 1 aromatic carbocycles. The summed E-state index contributed by atoms with van der Waals surface area (Å²) in [6.07, 6.45) is 1.27. The maximum Gasteiger partial charge on any atom is 0.261 e. The molecule has 1 unspecified atom stereocenters. The van der Waals surface area contributed by atoms with E-state index in [0.29, 0.717) is 17.9 Å². The molecule has 0 fully saturated rings. The first-order valence-corrected chi connectivity index (χ1v) is 9.06. The quantitative estimate of drug-likeness (QED) is 0.615. The zero-order chi connectivity index (χ0) is 16.0. The van der Waals surface area contributed by atoms with Crippen LogP contribution in [0.1, 0.15) is 32.3 Å². The van der Waals surface area contributed by atoms with Crippen LogP contribution in [-0.2, 0) is 13.8 Å². The first-order chi connectivity index (χ1) is 9.75. The van der Waals surface area contributed by atoms with Crippen molar-refractivity contribution in [3.8, 4) is 5.75 Å². The number of unbranched alkanes of at least 4 members (excludes halogenated alkanes) is 1. The second kappa shape index (κ2) is 7.66. The monoisotopic (exact) mass is 333 g/mol. The highest BCUT2D eigenvalue weighted by molar-refractivity contribution is 8.13. The topological polar surface area (TPSA) is 72.5 Å². The van der Waals surface area contributed by atoms with E-state index >= 15 is 0 Å². The molecular formula is C14H20ClNO4S. The summed E-state index contributed by atoms with van der Waals surface area (Å²) in [6, 6.07) is 4.40. The van der Waals surface area contributed by atoms with E-state index < -0.39 is 15.2 Å². The predicted octanol–water partition coefficient (Wildman–Crippen LogP) is 2.61. The first-order valence-electron chi connectivity index (χ1n) is 6.75. The zero-order valence-electron chi connectivity index (χ0n) is 12.3. The molecule has 118 valence electrons. The predicted molar refractivity (Wildman–Crippen MR) is 82.2 cm³/mol. The molecule has 0 radical (unpaired) electrons. The number of aryl methyl sites for hydroxylation is 1. The minimum absolute atomic E-state index is 0.0385. The van der Waals surface area contributed by atoms with Crippen molar-refractivity contribution in [2.24, 2.45) is 0 Å². The van der Waals surface area contributed by atoms with Crippen LogP contribution in [0.15, 0.2) is 23.1 Å². The normalized spacial score (nSPS) is 12.8. The van der Waals surface area contributed by atoms with Gasteiger partial charge in [-0.2, -0.15) is 0 Å². The van der Waals surface area contributed by atoms with Gasteiger partial charge in [-0.25, -0.2) is 8.42 Å². The molecule has 21 heavy (non-hydrogen) atoms. The Bertz CT molecular complexity index is 601. The van der Waals surface area contributed by atoms with Crippen molar-refractivity contribution in [2.45, 2.75) is 44.6 Å². The van der Waals surface area contributed by atoms with Crippen LogP contribution >= 0.6 is 10.7 Å². The Morgan fingerprint density at radius 2 is 2.10 bits per heavy atom. The van der Waals surface area contributed by atoms with Crippen LogP contribution in [0.2, 0.25) is 0 Å². The summed E-state index contributed by atoms with van der Waals surface area (Å²) < 4.78 is 28.1. The van der Waals surface area contributed by atoms with Crippen LogP contribution < -0.4 is 10.1 Å². The van der Waals surface area contributed by atoms with Crippen molar-refractivity contribution in [3.63, 3.8) is 0 Å². The van der Waals surface area contributed by atoms with Crippen LogP contribution in [0.5, 0.6) is 5.75 Å². The third kappa shape index (κ3) is 5.55. The fraction of sp³-hybridized carbons (Fsp3) is 0.500. The van der Waals surface area contributed by atoms with Crippen molar-refractivity contribution >= 4 is 25.6 Å². The lowest BCUT2D eigenvalue weighted by atomic mass is 10.2. The fourth-order valence-electron chi connectivity index (χ4n) is 1.76. The third-order valence-electron chi connectivity index (χ3n) is 2.92. The van der Waals surface area contributed by atoms with Crippen molar-refractivity contribution in [3.05, 3.63) is 23.8 Å². The van der Waals surface area contributed by atoms with E-state index in [1.807, 2.05) is 6.92 Å². The van der Waals surface area contributed by atoms with Gasteiger partial charge in [-0.3, -0.25) is 4.79 Å². The Balaban J connectivity index is 2.71. The van der Waals surface area contributed by atoms with E-state index in [2.05, 4.69) is 5.32 Å². The number of carbonyl (C=O) groups is 1. The Morgan fingerprint density at radius 1 is 1.43 bits per heavy atom. The van der Waals surface area contributed by atoms with Gasteiger partial charge in [-0.05, 0) is 44.0 Å². The minimum Gasteiger partial charge on any atom is -0.481 e.